The third kappa shape index (κ3) is 11.1. The second-order valence-electron chi connectivity index (χ2n) is 21.1. The number of amides is 4. The summed E-state index contributed by atoms with van der Waals surface area (Å²) >= 11 is 2.69. The van der Waals surface area contributed by atoms with Gasteiger partial charge in [0.15, 0.2) is 5.13 Å². The minimum absolute atomic E-state index is 0.0234. The summed E-state index contributed by atoms with van der Waals surface area (Å²) in [6.45, 7) is 15.8. The molecule has 0 radical (unpaired) electrons. The number of rotatable bonds is 13. The molecule has 3 aromatic heterocycles. The minimum atomic E-state index is -0.564. The van der Waals surface area contributed by atoms with Crippen molar-refractivity contribution in [3.63, 3.8) is 0 Å². The number of aromatic nitrogens is 4. The third-order valence-corrected chi connectivity index (χ3v) is 16.9. The second-order valence-corrected chi connectivity index (χ2v) is 23.0. The molecule has 73 heavy (non-hydrogen) atoms. The van der Waals surface area contributed by atoms with E-state index in [1.165, 1.54) is 23.3 Å². The Bertz CT molecular complexity index is 2960. The lowest BCUT2D eigenvalue weighted by molar-refractivity contribution is -0.141. The number of carbonyl (C=O) groups is 4. The molecule has 17 heteroatoms. The zero-order chi connectivity index (χ0) is 50.8. The number of piperidine rings is 1. The molecule has 0 bridgehead atoms. The number of nitrogens with zero attached hydrogens (tertiary/aromatic N) is 7. The quantitative estimate of drug-likeness (QED) is 0.0944. The zero-order valence-corrected chi connectivity index (χ0v) is 44.1. The van der Waals surface area contributed by atoms with Gasteiger partial charge in [0, 0.05) is 97.4 Å². The Labute approximate surface area is 436 Å². The Balaban J connectivity index is 0.823. The number of anilines is 3. The van der Waals surface area contributed by atoms with Crippen molar-refractivity contribution in [1.29, 1.82) is 0 Å². The first-order chi connectivity index (χ1) is 35.3. The molecule has 4 amide bonds. The Morgan fingerprint density at radius 1 is 0.836 bits per heavy atom. The first-order valence-corrected chi connectivity index (χ1v) is 27.5. The molecular formula is C56H66N10O5S2. The maximum atomic E-state index is 14.5. The molecular weight excluding hydrogens is 957 g/mol. The average Bonchev–Trinajstić information content (AvgIpc) is 4.13. The van der Waals surface area contributed by atoms with Crippen molar-refractivity contribution in [2.45, 2.75) is 110 Å². The number of hydrogen-bond donors (Lipinski definition) is 3. The van der Waals surface area contributed by atoms with Crippen molar-refractivity contribution < 1.29 is 23.9 Å². The van der Waals surface area contributed by atoms with Gasteiger partial charge in [-0.1, -0.05) is 56.4 Å². The zero-order valence-electron chi connectivity index (χ0n) is 42.5. The molecule has 2 unspecified atom stereocenters. The van der Waals surface area contributed by atoms with Gasteiger partial charge < -0.3 is 24.8 Å². The molecule has 10 rings (SSSR count). The van der Waals surface area contributed by atoms with E-state index in [0.29, 0.717) is 66.0 Å². The molecule has 4 aliphatic rings. The standard InChI is InChI=1S/C56H66N10O5S2/c1-35-10-9-26-65(35)54(70)50(56(3,4)5)60-51(67)39-22-27-63(28-23-39)40-15-17-41(18-16-40)73-62-53(69)49-42(44-32-57-66(36(44)2)33-37-24-30-71-31-25-37)19-20-48(59-49)64-29-21-38-11-8-12-43(45(38)34-64)52(68)61-55-58-46-13-6-7-14-47(46)72-55/h6-8,11-20,32,35,37,39,50H,9-10,21-31,33-34H2,1-5H3,(H,60,67)(H,62,69)(H,58,61,68). The van der Waals surface area contributed by atoms with Gasteiger partial charge in [-0.15, -0.1) is 0 Å². The monoisotopic (exact) mass is 1020 g/mol. The fraction of sp³-hybridized carbons (Fsp3) is 0.446. The Morgan fingerprint density at radius 2 is 1.62 bits per heavy atom. The summed E-state index contributed by atoms with van der Waals surface area (Å²) in [5.41, 5.74) is 6.91. The van der Waals surface area contributed by atoms with E-state index in [2.05, 4.69) is 62.2 Å². The molecule has 0 spiro atoms. The first kappa shape index (κ1) is 50.2. The van der Waals surface area contributed by atoms with Gasteiger partial charge in [-0.3, -0.25) is 33.9 Å². The maximum Gasteiger partial charge on any atom is 0.280 e. The SMILES string of the molecule is Cc1c(-c2ccc(N3CCc4cccc(C(=O)Nc5nc6ccccc6s5)c4C3)nc2C(=O)NSc2ccc(N3CCC(C(=O)NC(C(=O)N4CCCC4C)C(C)(C)C)CC3)cc2)cnn1CC1CCOCC1. The highest BCUT2D eigenvalue weighted by atomic mass is 32.2. The van der Waals surface area contributed by atoms with Crippen molar-refractivity contribution in [2.75, 3.05) is 54.5 Å². The van der Waals surface area contributed by atoms with E-state index in [0.717, 1.165) is 108 Å². The number of carbonyl (C=O) groups excluding carboxylic acids is 4. The summed E-state index contributed by atoms with van der Waals surface area (Å²) in [6.07, 6.45) is 7.90. The summed E-state index contributed by atoms with van der Waals surface area (Å²) in [6, 6.07) is 25.4. The second kappa shape index (κ2) is 21.7. The summed E-state index contributed by atoms with van der Waals surface area (Å²) in [4.78, 5) is 72.7. The van der Waals surface area contributed by atoms with Crippen LogP contribution in [0, 0.1) is 24.2 Å². The first-order valence-electron chi connectivity index (χ1n) is 25.8. The fourth-order valence-corrected chi connectivity index (χ4v) is 12.2. The number of para-hydroxylation sites is 1. The highest BCUT2D eigenvalue weighted by Gasteiger charge is 2.40. The summed E-state index contributed by atoms with van der Waals surface area (Å²) in [5, 5.41) is 11.6. The van der Waals surface area contributed by atoms with Crippen LogP contribution in [-0.2, 0) is 33.8 Å². The minimum Gasteiger partial charge on any atom is -0.381 e. The molecule has 3 saturated heterocycles. The van der Waals surface area contributed by atoms with E-state index in [1.54, 1.807) is 0 Å². The number of hydrogen-bond acceptors (Lipinski definition) is 12. The molecule has 4 aliphatic heterocycles. The van der Waals surface area contributed by atoms with Crippen LogP contribution in [0.5, 0.6) is 0 Å². The fourth-order valence-electron chi connectivity index (χ4n) is 10.8. The van der Waals surface area contributed by atoms with Gasteiger partial charge in [-0.2, -0.15) is 5.10 Å². The number of thiazole rings is 1. The van der Waals surface area contributed by atoms with Crippen molar-refractivity contribution in [2.24, 2.45) is 17.3 Å². The number of fused-ring (bicyclic) bond motifs is 2. The van der Waals surface area contributed by atoms with Gasteiger partial charge >= 0.3 is 0 Å². The van der Waals surface area contributed by atoms with Crippen molar-refractivity contribution in [1.82, 2.24) is 34.7 Å². The molecule has 7 heterocycles. The van der Waals surface area contributed by atoms with Gasteiger partial charge in [0.2, 0.25) is 11.8 Å². The van der Waals surface area contributed by atoms with Crippen LogP contribution in [0.3, 0.4) is 0 Å². The molecule has 382 valence electrons. The summed E-state index contributed by atoms with van der Waals surface area (Å²) in [5.74, 6) is 0.382. The van der Waals surface area contributed by atoms with Crippen LogP contribution in [0.2, 0.25) is 0 Å². The van der Waals surface area contributed by atoms with Crippen molar-refractivity contribution in [3.05, 3.63) is 113 Å². The number of ether oxygens (including phenoxy) is 1. The van der Waals surface area contributed by atoms with Gasteiger partial charge in [-0.05, 0) is 148 Å². The predicted molar refractivity (Wildman–Crippen MR) is 289 cm³/mol. The normalized spacial score (nSPS) is 18.2. The lowest BCUT2D eigenvalue weighted by Crippen LogP contribution is -2.57. The van der Waals surface area contributed by atoms with Crippen molar-refractivity contribution >= 4 is 73.8 Å². The van der Waals surface area contributed by atoms with Crippen molar-refractivity contribution in [3.8, 4) is 11.1 Å². The highest BCUT2D eigenvalue weighted by molar-refractivity contribution is 7.98. The lowest BCUT2D eigenvalue weighted by Gasteiger charge is -2.37. The summed E-state index contributed by atoms with van der Waals surface area (Å²) in [7, 11) is 0. The number of nitrogens with one attached hydrogen (secondary N) is 3. The molecule has 2 atom stereocenters. The summed E-state index contributed by atoms with van der Waals surface area (Å²) < 4.78 is 11.8. The van der Waals surface area contributed by atoms with E-state index in [9.17, 15) is 19.2 Å². The third-order valence-electron chi connectivity index (χ3n) is 15.2. The molecule has 0 saturated carbocycles. The van der Waals surface area contributed by atoms with Gasteiger partial charge in [0.05, 0.1) is 16.4 Å². The van der Waals surface area contributed by atoms with Gasteiger partial charge in [0.25, 0.3) is 11.8 Å². The Hall–Kier alpha value is -6.30. The van der Waals surface area contributed by atoms with E-state index >= 15 is 0 Å². The van der Waals surface area contributed by atoms with Crippen LogP contribution >= 0.6 is 23.3 Å². The van der Waals surface area contributed by atoms with Crippen LogP contribution in [0.25, 0.3) is 21.3 Å². The lowest BCUT2D eigenvalue weighted by atomic mass is 9.84. The van der Waals surface area contributed by atoms with Crippen LogP contribution in [0.4, 0.5) is 16.6 Å². The van der Waals surface area contributed by atoms with E-state index in [-0.39, 0.29) is 35.6 Å². The molecule has 6 aromatic rings. The van der Waals surface area contributed by atoms with Crippen LogP contribution < -0.4 is 25.2 Å². The largest absolute Gasteiger partial charge is 0.381 e. The Kier molecular flexibility index (Phi) is 14.9. The molecule has 3 N–H and O–H groups in total. The van der Waals surface area contributed by atoms with Crippen LogP contribution in [-0.4, -0.2) is 99.8 Å². The van der Waals surface area contributed by atoms with E-state index in [1.807, 2.05) is 97.2 Å². The van der Waals surface area contributed by atoms with E-state index < -0.39 is 11.5 Å². The van der Waals surface area contributed by atoms with Gasteiger partial charge in [0.1, 0.15) is 17.6 Å². The highest BCUT2D eigenvalue weighted by Crippen LogP contribution is 2.35. The molecule has 3 fully saturated rings. The number of likely N-dealkylation sites (tertiary alicyclic amines) is 1. The smallest absolute Gasteiger partial charge is 0.280 e. The van der Waals surface area contributed by atoms with E-state index in [4.69, 9.17) is 14.8 Å². The average molecular weight is 1020 g/mol. The molecule has 15 nitrogen and oxygen atoms in total. The molecule has 3 aromatic carbocycles. The molecule has 0 aliphatic carbocycles. The van der Waals surface area contributed by atoms with Crippen LogP contribution in [0.1, 0.15) is 104 Å². The number of benzene rings is 3. The maximum absolute atomic E-state index is 14.5. The van der Waals surface area contributed by atoms with Gasteiger partial charge in [-0.25, -0.2) is 9.97 Å². The topological polar surface area (TPSA) is 167 Å². The van der Waals surface area contributed by atoms with Crippen LogP contribution in [0.15, 0.2) is 90.0 Å². The number of pyridine rings is 1. The Morgan fingerprint density at radius 3 is 2.36 bits per heavy atom. The predicted octanol–water partition coefficient (Wildman–Crippen LogP) is 9.30.